The highest BCUT2D eigenvalue weighted by molar-refractivity contribution is 5.15. The van der Waals surface area contributed by atoms with E-state index in [4.69, 9.17) is 0 Å². The summed E-state index contributed by atoms with van der Waals surface area (Å²) in [6, 6.07) is 0. The Morgan fingerprint density at radius 3 is 2.87 bits per heavy atom. The van der Waals surface area contributed by atoms with E-state index in [1.165, 1.54) is 24.1 Å². The standard InChI is InChI=1S/C12H21N3/c1-9(11-4-5-11)6-13-7-12-8-14-15(3)10(12)2/h8-9,11,13H,4-7H2,1-3H3. The van der Waals surface area contributed by atoms with Crippen LogP contribution < -0.4 is 5.32 Å². The van der Waals surface area contributed by atoms with E-state index in [2.05, 4.69) is 24.3 Å². The lowest BCUT2D eigenvalue weighted by Gasteiger charge is -2.10. The van der Waals surface area contributed by atoms with Crippen LogP contribution in [0.2, 0.25) is 0 Å². The summed E-state index contributed by atoms with van der Waals surface area (Å²) in [5.74, 6) is 1.83. The molecular formula is C12H21N3. The van der Waals surface area contributed by atoms with E-state index in [0.29, 0.717) is 0 Å². The van der Waals surface area contributed by atoms with Gasteiger partial charge < -0.3 is 5.32 Å². The van der Waals surface area contributed by atoms with Crippen LogP contribution in [0.3, 0.4) is 0 Å². The molecular weight excluding hydrogens is 186 g/mol. The molecule has 1 aromatic rings. The summed E-state index contributed by atoms with van der Waals surface area (Å²) in [6.45, 7) is 6.56. The van der Waals surface area contributed by atoms with Crippen molar-refractivity contribution < 1.29 is 0 Å². The van der Waals surface area contributed by atoms with Gasteiger partial charge in [0.15, 0.2) is 0 Å². The summed E-state index contributed by atoms with van der Waals surface area (Å²) in [5.41, 5.74) is 2.59. The van der Waals surface area contributed by atoms with Crippen molar-refractivity contribution in [3.63, 3.8) is 0 Å². The molecule has 3 nitrogen and oxygen atoms in total. The highest BCUT2D eigenvalue weighted by atomic mass is 15.3. The topological polar surface area (TPSA) is 29.9 Å². The highest BCUT2D eigenvalue weighted by Gasteiger charge is 2.27. The van der Waals surface area contributed by atoms with Crippen molar-refractivity contribution in [3.8, 4) is 0 Å². The van der Waals surface area contributed by atoms with Crippen molar-refractivity contribution in [2.24, 2.45) is 18.9 Å². The number of hydrogen-bond donors (Lipinski definition) is 1. The predicted molar refractivity (Wildman–Crippen MR) is 61.5 cm³/mol. The van der Waals surface area contributed by atoms with Crippen LogP contribution >= 0.6 is 0 Å². The van der Waals surface area contributed by atoms with Gasteiger partial charge in [-0.15, -0.1) is 0 Å². The molecule has 1 unspecified atom stereocenters. The maximum Gasteiger partial charge on any atom is 0.0537 e. The Hall–Kier alpha value is -0.830. The normalized spacial score (nSPS) is 18.1. The second kappa shape index (κ2) is 4.35. The summed E-state index contributed by atoms with van der Waals surface area (Å²) in [6.07, 6.45) is 4.84. The molecule has 0 amide bonds. The molecule has 3 heteroatoms. The molecule has 0 aliphatic heterocycles. The average molecular weight is 207 g/mol. The first-order chi connectivity index (χ1) is 7.18. The van der Waals surface area contributed by atoms with Crippen LogP contribution in [-0.4, -0.2) is 16.3 Å². The van der Waals surface area contributed by atoms with E-state index in [1.807, 2.05) is 17.9 Å². The summed E-state index contributed by atoms with van der Waals surface area (Å²) < 4.78 is 1.93. The quantitative estimate of drug-likeness (QED) is 0.798. The first-order valence-electron chi connectivity index (χ1n) is 5.86. The molecule has 1 aliphatic rings. The summed E-state index contributed by atoms with van der Waals surface area (Å²) in [5, 5.41) is 7.76. The molecule has 1 fully saturated rings. The summed E-state index contributed by atoms with van der Waals surface area (Å²) in [7, 11) is 1.99. The van der Waals surface area contributed by atoms with E-state index in [1.54, 1.807) is 0 Å². The van der Waals surface area contributed by atoms with Crippen LogP contribution in [0.25, 0.3) is 0 Å². The van der Waals surface area contributed by atoms with Gasteiger partial charge in [0.25, 0.3) is 0 Å². The van der Waals surface area contributed by atoms with Gasteiger partial charge in [0, 0.05) is 24.8 Å². The fourth-order valence-electron chi connectivity index (χ4n) is 1.98. The lowest BCUT2D eigenvalue weighted by molar-refractivity contribution is 0.461. The molecule has 0 saturated heterocycles. The maximum absolute atomic E-state index is 4.24. The predicted octanol–water partition coefficient (Wildman–Crippen LogP) is 1.86. The number of rotatable bonds is 5. The van der Waals surface area contributed by atoms with Gasteiger partial charge >= 0.3 is 0 Å². The molecule has 1 N–H and O–H groups in total. The molecule has 1 atom stereocenters. The highest BCUT2D eigenvalue weighted by Crippen LogP contribution is 2.36. The number of hydrogen-bond acceptors (Lipinski definition) is 2. The van der Waals surface area contributed by atoms with Gasteiger partial charge in [-0.3, -0.25) is 4.68 Å². The van der Waals surface area contributed by atoms with Gasteiger partial charge in [-0.05, 0) is 38.1 Å². The van der Waals surface area contributed by atoms with Crippen molar-refractivity contribution >= 4 is 0 Å². The lowest BCUT2D eigenvalue weighted by atomic mass is 10.1. The van der Waals surface area contributed by atoms with Gasteiger partial charge in [0.2, 0.25) is 0 Å². The Morgan fingerprint density at radius 2 is 2.33 bits per heavy atom. The average Bonchev–Trinajstić information content (AvgIpc) is 3.00. The number of nitrogens with zero attached hydrogens (tertiary/aromatic N) is 2. The SMILES string of the molecule is Cc1c(CNCC(C)C2CC2)cnn1C. The van der Waals surface area contributed by atoms with Crippen LogP contribution in [0.15, 0.2) is 6.20 Å². The monoisotopic (exact) mass is 207 g/mol. The molecule has 1 aliphatic carbocycles. The lowest BCUT2D eigenvalue weighted by Crippen LogP contribution is -2.22. The van der Waals surface area contributed by atoms with Crippen LogP contribution in [0.4, 0.5) is 0 Å². The van der Waals surface area contributed by atoms with Crippen molar-refractivity contribution in [1.82, 2.24) is 15.1 Å². The Labute approximate surface area is 91.9 Å². The van der Waals surface area contributed by atoms with E-state index >= 15 is 0 Å². The van der Waals surface area contributed by atoms with Crippen LogP contribution in [0.5, 0.6) is 0 Å². The van der Waals surface area contributed by atoms with E-state index in [9.17, 15) is 0 Å². The summed E-state index contributed by atoms with van der Waals surface area (Å²) >= 11 is 0. The third-order valence-electron chi connectivity index (χ3n) is 3.55. The zero-order valence-corrected chi connectivity index (χ0v) is 9.95. The molecule has 0 bridgehead atoms. The molecule has 1 heterocycles. The molecule has 0 spiro atoms. The summed E-state index contributed by atoms with van der Waals surface area (Å²) in [4.78, 5) is 0. The van der Waals surface area contributed by atoms with E-state index in [-0.39, 0.29) is 0 Å². The Bertz CT molecular complexity index is 326. The zero-order valence-electron chi connectivity index (χ0n) is 9.95. The number of nitrogens with one attached hydrogen (secondary N) is 1. The minimum absolute atomic E-state index is 0.835. The third-order valence-corrected chi connectivity index (χ3v) is 3.55. The first kappa shape index (κ1) is 10.7. The largest absolute Gasteiger partial charge is 0.312 e. The van der Waals surface area contributed by atoms with Gasteiger partial charge in [-0.25, -0.2) is 0 Å². The second-order valence-corrected chi connectivity index (χ2v) is 4.82. The van der Waals surface area contributed by atoms with Crippen LogP contribution in [-0.2, 0) is 13.6 Å². The van der Waals surface area contributed by atoms with Crippen molar-refractivity contribution in [3.05, 3.63) is 17.5 Å². The fraction of sp³-hybridized carbons (Fsp3) is 0.750. The Balaban J connectivity index is 1.75. The number of aryl methyl sites for hydroxylation is 1. The molecule has 2 rings (SSSR count). The molecule has 1 saturated carbocycles. The molecule has 0 aromatic carbocycles. The zero-order chi connectivity index (χ0) is 10.8. The van der Waals surface area contributed by atoms with Crippen molar-refractivity contribution in [2.75, 3.05) is 6.54 Å². The van der Waals surface area contributed by atoms with Crippen LogP contribution in [0.1, 0.15) is 31.0 Å². The smallest absolute Gasteiger partial charge is 0.0537 e. The van der Waals surface area contributed by atoms with Gasteiger partial charge in [0.05, 0.1) is 6.20 Å². The van der Waals surface area contributed by atoms with Gasteiger partial charge in [-0.1, -0.05) is 6.92 Å². The fourth-order valence-corrected chi connectivity index (χ4v) is 1.98. The molecule has 84 valence electrons. The second-order valence-electron chi connectivity index (χ2n) is 4.82. The first-order valence-corrected chi connectivity index (χ1v) is 5.86. The van der Waals surface area contributed by atoms with Gasteiger partial charge in [-0.2, -0.15) is 5.10 Å². The van der Waals surface area contributed by atoms with Crippen molar-refractivity contribution in [2.45, 2.75) is 33.2 Å². The molecule has 15 heavy (non-hydrogen) atoms. The Morgan fingerprint density at radius 1 is 1.60 bits per heavy atom. The minimum atomic E-state index is 0.835. The maximum atomic E-state index is 4.24. The van der Waals surface area contributed by atoms with E-state index < -0.39 is 0 Å². The molecule has 1 aromatic heterocycles. The number of aromatic nitrogens is 2. The molecule has 0 radical (unpaired) electrons. The minimum Gasteiger partial charge on any atom is -0.312 e. The van der Waals surface area contributed by atoms with E-state index in [0.717, 1.165) is 24.9 Å². The van der Waals surface area contributed by atoms with Gasteiger partial charge in [0.1, 0.15) is 0 Å². The van der Waals surface area contributed by atoms with Crippen LogP contribution in [0, 0.1) is 18.8 Å². The Kier molecular flexibility index (Phi) is 3.10. The third kappa shape index (κ3) is 2.59. The van der Waals surface area contributed by atoms with Crippen molar-refractivity contribution in [1.29, 1.82) is 0 Å².